The van der Waals surface area contributed by atoms with Crippen LogP contribution in [0.4, 0.5) is 11.4 Å². The molecule has 0 amide bonds. The van der Waals surface area contributed by atoms with Crippen molar-refractivity contribution in [1.29, 1.82) is 0 Å². The second-order valence-corrected chi connectivity index (χ2v) is 4.82. The Morgan fingerprint density at radius 3 is 2.48 bits per heavy atom. The molecule has 112 valence electrons. The summed E-state index contributed by atoms with van der Waals surface area (Å²) in [6.07, 6.45) is 3.18. The van der Waals surface area contributed by atoms with Crippen LogP contribution in [0, 0.1) is 10.1 Å². The maximum absolute atomic E-state index is 11.4. The molecule has 0 saturated carbocycles. The van der Waals surface area contributed by atoms with Crippen LogP contribution in [-0.4, -0.2) is 30.6 Å². The van der Waals surface area contributed by atoms with Crippen molar-refractivity contribution in [2.24, 2.45) is 0 Å². The third-order valence-corrected chi connectivity index (χ3v) is 3.44. The molecule has 0 bridgehead atoms. The van der Waals surface area contributed by atoms with E-state index in [2.05, 4.69) is 4.90 Å². The monoisotopic (exact) mass is 290 g/mol. The maximum Gasteiger partial charge on any atom is 0.330 e. The Labute approximate surface area is 123 Å². The SMILES string of the molecule is CCOC(=O)C=C1CCN(c2ccc([N+](=O)[O-])cc2)CC1. The Kier molecular flexibility index (Phi) is 4.92. The number of nitro groups is 1. The molecule has 0 atom stereocenters. The first-order valence-corrected chi connectivity index (χ1v) is 6.95. The van der Waals surface area contributed by atoms with E-state index in [0.29, 0.717) is 6.61 Å². The largest absolute Gasteiger partial charge is 0.463 e. The van der Waals surface area contributed by atoms with Crippen molar-refractivity contribution in [3.63, 3.8) is 0 Å². The predicted molar refractivity (Wildman–Crippen MR) is 79.3 cm³/mol. The second kappa shape index (κ2) is 6.88. The molecule has 0 N–H and O–H groups in total. The van der Waals surface area contributed by atoms with Gasteiger partial charge in [-0.3, -0.25) is 10.1 Å². The van der Waals surface area contributed by atoms with Crippen LogP contribution in [0.3, 0.4) is 0 Å². The van der Waals surface area contributed by atoms with Gasteiger partial charge in [0, 0.05) is 37.0 Å². The summed E-state index contributed by atoms with van der Waals surface area (Å²) in [6.45, 7) is 3.76. The smallest absolute Gasteiger partial charge is 0.330 e. The van der Waals surface area contributed by atoms with Gasteiger partial charge in [-0.25, -0.2) is 4.79 Å². The van der Waals surface area contributed by atoms with Crippen LogP contribution in [0.15, 0.2) is 35.9 Å². The molecule has 1 heterocycles. The molecule has 6 heteroatoms. The normalized spacial score (nSPS) is 14.7. The number of esters is 1. The number of nitrogens with zero attached hydrogens (tertiary/aromatic N) is 2. The van der Waals surface area contributed by atoms with Crippen molar-refractivity contribution < 1.29 is 14.5 Å². The molecule has 0 unspecified atom stereocenters. The van der Waals surface area contributed by atoms with Crippen LogP contribution in [0.2, 0.25) is 0 Å². The minimum atomic E-state index is -0.403. The molecule has 1 aliphatic rings. The molecule has 0 aliphatic carbocycles. The van der Waals surface area contributed by atoms with Crippen LogP contribution in [0.1, 0.15) is 19.8 Å². The minimum Gasteiger partial charge on any atom is -0.463 e. The molecule has 0 spiro atoms. The van der Waals surface area contributed by atoms with Gasteiger partial charge < -0.3 is 9.64 Å². The van der Waals surface area contributed by atoms with Gasteiger partial charge in [-0.1, -0.05) is 5.57 Å². The number of rotatable bonds is 4. The Morgan fingerprint density at radius 2 is 1.95 bits per heavy atom. The summed E-state index contributed by atoms with van der Waals surface area (Å²) in [5, 5.41) is 10.6. The number of non-ortho nitro benzene ring substituents is 1. The third kappa shape index (κ3) is 4.05. The van der Waals surface area contributed by atoms with Crippen molar-refractivity contribution in [2.45, 2.75) is 19.8 Å². The Hall–Kier alpha value is -2.37. The van der Waals surface area contributed by atoms with Crippen LogP contribution < -0.4 is 4.90 Å². The number of ether oxygens (including phenoxy) is 1. The van der Waals surface area contributed by atoms with Crippen molar-refractivity contribution in [3.05, 3.63) is 46.0 Å². The average molecular weight is 290 g/mol. The van der Waals surface area contributed by atoms with Crippen molar-refractivity contribution in [2.75, 3.05) is 24.6 Å². The van der Waals surface area contributed by atoms with E-state index >= 15 is 0 Å². The van der Waals surface area contributed by atoms with E-state index in [1.807, 2.05) is 0 Å². The second-order valence-electron chi connectivity index (χ2n) is 4.82. The first kappa shape index (κ1) is 15.0. The van der Waals surface area contributed by atoms with E-state index in [9.17, 15) is 14.9 Å². The molecule has 1 saturated heterocycles. The quantitative estimate of drug-likeness (QED) is 0.369. The summed E-state index contributed by atoms with van der Waals surface area (Å²) in [4.78, 5) is 23.8. The minimum absolute atomic E-state index is 0.0960. The third-order valence-electron chi connectivity index (χ3n) is 3.44. The van der Waals surface area contributed by atoms with Gasteiger partial charge in [-0.15, -0.1) is 0 Å². The summed E-state index contributed by atoms with van der Waals surface area (Å²) < 4.78 is 4.90. The summed E-state index contributed by atoms with van der Waals surface area (Å²) >= 11 is 0. The van der Waals surface area contributed by atoms with Gasteiger partial charge in [0.15, 0.2) is 0 Å². The standard InChI is InChI=1S/C15H18N2O4/c1-2-21-15(18)11-12-7-9-16(10-8-12)13-3-5-14(6-4-13)17(19)20/h3-6,11H,2,7-10H2,1H3. The zero-order chi connectivity index (χ0) is 15.2. The molecule has 2 rings (SSSR count). The zero-order valence-corrected chi connectivity index (χ0v) is 11.9. The molecule has 6 nitrogen and oxygen atoms in total. The lowest BCUT2D eigenvalue weighted by atomic mass is 10.0. The number of hydrogen-bond donors (Lipinski definition) is 0. The summed E-state index contributed by atoms with van der Waals surface area (Å²) in [7, 11) is 0. The van der Waals surface area contributed by atoms with Crippen LogP contribution in [-0.2, 0) is 9.53 Å². The molecule has 0 radical (unpaired) electrons. The molecule has 0 aromatic heterocycles. The molecule has 1 aromatic rings. The fraction of sp³-hybridized carbons (Fsp3) is 0.400. The molecule has 1 fully saturated rings. The first-order valence-electron chi connectivity index (χ1n) is 6.95. The van der Waals surface area contributed by atoms with Crippen LogP contribution in [0.5, 0.6) is 0 Å². The number of benzene rings is 1. The van der Waals surface area contributed by atoms with E-state index in [1.165, 1.54) is 12.1 Å². The molecule has 1 aromatic carbocycles. The lowest BCUT2D eigenvalue weighted by Gasteiger charge is -2.30. The number of carbonyl (C=O) groups is 1. The van der Waals surface area contributed by atoms with E-state index in [4.69, 9.17) is 4.74 Å². The summed E-state index contributed by atoms with van der Waals surface area (Å²) in [6, 6.07) is 6.55. The zero-order valence-electron chi connectivity index (χ0n) is 11.9. The van der Waals surface area contributed by atoms with Gasteiger partial charge in [-0.05, 0) is 31.9 Å². The Balaban J connectivity index is 1.94. The highest BCUT2D eigenvalue weighted by Gasteiger charge is 2.16. The number of piperidine rings is 1. The molecular weight excluding hydrogens is 272 g/mol. The van der Waals surface area contributed by atoms with Gasteiger partial charge in [-0.2, -0.15) is 0 Å². The summed E-state index contributed by atoms with van der Waals surface area (Å²) in [5.74, 6) is -0.281. The van der Waals surface area contributed by atoms with E-state index < -0.39 is 4.92 Å². The highest BCUT2D eigenvalue weighted by Crippen LogP contribution is 2.24. The maximum atomic E-state index is 11.4. The van der Waals surface area contributed by atoms with Gasteiger partial charge in [0.2, 0.25) is 0 Å². The van der Waals surface area contributed by atoms with E-state index in [0.717, 1.165) is 37.2 Å². The van der Waals surface area contributed by atoms with Crippen molar-refractivity contribution in [3.8, 4) is 0 Å². The number of hydrogen-bond acceptors (Lipinski definition) is 5. The van der Waals surface area contributed by atoms with Gasteiger partial charge >= 0.3 is 5.97 Å². The number of carbonyl (C=O) groups excluding carboxylic acids is 1. The Bertz CT molecular complexity index is 541. The average Bonchev–Trinajstić information content (AvgIpc) is 2.48. The molecule has 21 heavy (non-hydrogen) atoms. The highest BCUT2D eigenvalue weighted by atomic mass is 16.6. The van der Waals surface area contributed by atoms with Crippen molar-refractivity contribution >= 4 is 17.3 Å². The van der Waals surface area contributed by atoms with Crippen LogP contribution >= 0.6 is 0 Å². The van der Waals surface area contributed by atoms with Gasteiger partial charge in [0.25, 0.3) is 5.69 Å². The van der Waals surface area contributed by atoms with Gasteiger partial charge in [0.05, 0.1) is 11.5 Å². The first-order chi connectivity index (χ1) is 10.1. The van der Waals surface area contributed by atoms with E-state index in [1.54, 1.807) is 25.1 Å². The molecule has 1 aliphatic heterocycles. The van der Waals surface area contributed by atoms with E-state index in [-0.39, 0.29) is 11.7 Å². The topological polar surface area (TPSA) is 72.7 Å². The van der Waals surface area contributed by atoms with Gasteiger partial charge in [0.1, 0.15) is 0 Å². The number of nitro benzene ring substituents is 1. The lowest BCUT2D eigenvalue weighted by molar-refractivity contribution is -0.384. The van der Waals surface area contributed by atoms with Crippen molar-refractivity contribution in [1.82, 2.24) is 0 Å². The lowest BCUT2D eigenvalue weighted by Crippen LogP contribution is -2.30. The summed E-state index contributed by atoms with van der Waals surface area (Å²) in [5.41, 5.74) is 2.15. The molecular formula is C15H18N2O4. The fourth-order valence-electron chi connectivity index (χ4n) is 2.33. The predicted octanol–water partition coefficient (Wildman–Crippen LogP) is 2.68. The number of anilines is 1. The highest BCUT2D eigenvalue weighted by molar-refractivity contribution is 5.82. The van der Waals surface area contributed by atoms with Crippen LogP contribution in [0.25, 0.3) is 0 Å². The fourth-order valence-corrected chi connectivity index (χ4v) is 2.33. The Morgan fingerprint density at radius 1 is 1.33 bits per heavy atom.